The van der Waals surface area contributed by atoms with Crippen LogP contribution in [0, 0.1) is 20.8 Å². The van der Waals surface area contributed by atoms with Gasteiger partial charge in [0.2, 0.25) is 0 Å². The summed E-state index contributed by atoms with van der Waals surface area (Å²) in [5, 5.41) is 3.16. The summed E-state index contributed by atoms with van der Waals surface area (Å²) >= 11 is 5.98. The molecule has 1 amide bonds. The zero-order valence-electron chi connectivity index (χ0n) is 11.6. The van der Waals surface area contributed by atoms with Gasteiger partial charge in [-0.15, -0.1) is 0 Å². The maximum atomic E-state index is 12.3. The molecule has 0 saturated carbocycles. The van der Waals surface area contributed by atoms with Crippen molar-refractivity contribution < 1.29 is 4.79 Å². The Morgan fingerprint density at radius 3 is 2.40 bits per heavy atom. The van der Waals surface area contributed by atoms with Crippen LogP contribution in [-0.2, 0) is 0 Å². The Balaban J connectivity index is 2.35. The van der Waals surface area contributed by atoms with Crippen LogP contribution in [0.15, 0.2) is 24.4 Å². The van der Waals surface area contributed by atoms with E-state index in [-0.39, 0.29) is 16.7 Å². The highest BCUT2D eigenvalue weighted by molar-refractivity contribution is 6.34. The second-order valence-corrected chi connectivity index (χ2v) is 5.22. The van der Waals surface area contributed by atoms with Gasteiger partial charge in [-0.1, -0.05) is 29.3 Å². The second-order valence-electron chi connectivity index (χ2n) is 4.82. The number of nitrogen functional groups attached to an aromatic ring is 1. The van der Waals surface area contributed by atoms with Crippen molar-refractivity contribution in [3.8, 4) is 0 Å². The highest BCUT2D eigenvalue weighted by Crippen LogP contribution is 2.24. The van der Waals surface area contributed by atoms with Gasteiger partial charge in [0.15, 0.2) is 0 Å². The molecule has 5 heteroatoms. The average Bonchev–Trinajstić information content (AvgIpc) is 2.36. The lowest BCUT2D eigenvalue weighted by molar-refractivity contribution is 0.102. The first-order chi connectivity index (χ1) is 9.38. The molecule has 1 heterocycles. The van der Waals surface area contributed by atoms with Crippen LogP contribution in [-0.4, -0.2) is 10.9 Å². The molecule has 2 aromatic rings. The van der Waals surface area contributed by atoms with Crippen LogP contribution in [0.3, 0.4) is 0 Å². The number of benzene rings is 1. The van der Waals surface area contributed by atoms with E-state index in [1.807, 2.05) is 32.9 Å². The maximum absolute atomic E-state index is 12.3. The zero-order valence-corrected chi connectivity index (χ0v) is 12.4. The van der Waals surface area contributed by atoms with Crippen molar-refractivity contribution in [1.29, 1.82) is 0 Å². The number of anilines is 2. The lowest BCUT2D eigenvalue weighted by Crippen LogP contribution is -2.15. The van der Waals surface area contributed by atoms with Gasteiger partial charge in [-0.3, -0.25) is 4.79 Å². The van der Waals surface area contributed by atoms with Crippen molar-refractivity contribution in [2.24, 2.45) is 0 Å². The molecular weight excluding hydrogens is 274 g/mol. The number of rotatable bonds is 2. The van der Waals surface area contributed by atoms with Crippen LogP contribution in [0.25, 0.3) is 0 Å². The van der Waals surface area contributed by atoms with Gasteiger partial charge in [-0.05, 0) is 38.0 Å². The minimum absolute atomic E-state index is 0.261. The number of carbonyl (C=O) groups excluding carboxylic acids is 1. The highest BCUT2D eigenvalue weighted by Gasteiger charge is 2.14. The van der Waals surface area contributed by atoms with Crippen LogP contribution in [0.1, 0.15) is 27.0 Å². The smallest absolute Gasteiger partial charge is 0.257 e. The molecule has 0 bridgehead atoms. The molecule has 0 spiro atoms. The number of aryl methyl sites for hydroxylation is 3. The molecule has 0 aliphatic heterocycles. The first kappa shape index (κ1) is 14.3. The summed E-state index contributed by atoms with van der Waals surface area (Å²) in [6.07, 6.45) is 1.38. The lowest BCUT2D eigenvalue weighted by atomic mass is 10.0. The molecule has 0 aliphatic carbocycles. The minimum atomic E-state index is -0.292. The number of hydrogen-bond donors (Lipinski definition) is 2. The molecule has 1 aromatic carbocycles. The molecule has 2 rings (SSSR count). The summed E-state index contributed by atoms with van der Waals surface area (Å²) in [6.45, 7) is 5.93. The first-order valence-corrected chi connectivity index (χ1v) is 6.56. The van der Waals surface area contributed by atoms with Crippen molar-refractivity contribution in [3.63, 3.8) is 0 Å². The summed E-state index contributed by atoms with van der Waals surface area (Å²) in [4.78, 5) is 16.1. The number of halogens is 1. The fourth-order valence-corrected chi connectivity index (χ4v) is 2.38. The van der Waals surface area contributed by atoms with E-state index in [2.05, 4.69) is 10.3 Å². The number of carbonyl (C=O) groups is 1. The highest BCUT2D eigenvalue weighted by atomic mass is 35.5. The Labute approximate surface area is 123 Å². The average molecular weight is 290 g/mol. The fourth-order valence-electron chi connectivity index (χ4n) is 2.19. The SMILES string of the molecule is Cc1cc(C)c(NC(=O)c2cc(N)ncc2Cl)c(C)c1. The quantitative estimate of drug-likeness (QED) is 0.889. The van der Waals surface area contributed by atoms with Crippen LogP contribution in [0.2, 0.25) is 5.02 Å². The van der Waals surface area contributed by atoms with E-state index < -0.39 is 0 Å². The largest absolute Gasteiger partial charge is 0.384 e. The number of hydrogen-bond acceptors (Lipinski definition) is 3. The van der Waals surface area contributed by atoms with Gasteiger partial charge in [0.1, 0.15) is 5.82 Å². The molecule has 3 N–H and O–H groups in total. The zero-order chi connectivity index (χ0) is 14.9. The van der Waals surface area contributed by atoms with Gasteiger partial charge in [-0.25, -0.2) is 4.98 Å². The topological polar surface area (TPSA) is 68.0 Å². The van der Waals surface area contributed by atoms with E-state index in [1.165, 1.54) is 12.3 Å². The number of nitrogens with two attached hydrogens (primary N) is 1. The number of nitrogens with one attached hydrogen (secondary N) is 1. The lowest BCUT2D eigenvalue weighted by Gasteiger charge is -2.13. The molecule has 0 atom stereocenters. The molecule has 0 fully saturated rings. The fraction of sp³-hybridized carbons (Fsp3) is 0.200. The Hall–Kier alpha value is -2.07. The van der Waals surface area contributed by atoms with Crippen LogP contribution >= 0.6 is 11.6 Å². The monoisotopic (exact) mass is 289 g/mol. The van der Waals surface area contributed by atoms with E-state index >= 15 is 0 Å². The van der Waals surface area contributed by atoms with Gasteiger partial charge >= 0.3 is 0 Å². The standard InChI is InChI=1S/C15H16ClN3O/c1-8-4-9(2)14(10(3)5-8)19-15(20)11-6-13(17)18-7-12(11)16/h4-7H,1-3H3,(H2,17,18)(H,19,20). The van der Waals surface area contributed by atoms with E-state index in [9.17, 15) is 4.79 Å². The molecular formula is C15H16ClN3O. The normalized spacial score (nSPS) is 10.4. The summed E-state index contributed by atoms with van der Waals surface area (Å²) < 4.78 is 0. The van der Waals surface area contributed by atoms with E-state index in [0.29, 0.717) is 5.56 Å². The van der Waals surface area contributed by atoms with E-state index in [0.717, 1.165) is 22.4 Å². The first-order valence-electron chi connectivity index (χ1n) is 6.18. The number of amides is 1. The van der Waals surface area contributed by atoms with Crippen molar-refractivity contribution in [2.75, 3.05) is 11.1 Å². The van der Waals surface area contributed by atoms with Gasteiger partial charge in [0.05, 0.1) is 10.6 Å². The molecule has 0 radical (unpaired) electrons. The van der Waals surface area contributed by atoms with E-state index in [4.69, 9.17) is 17.3 Å². The third kappa shape index (κ3) is 2.91. The van der Waals surface area contributed by atoms with Crippen molar-refractivity contribution >= 4 is 29.0 Å². The Bertz CT molecular complexity index is 660. The number of pyridine rings is 1. The molecule has 20 heavy (non-hydrogen) atoms. The summed E-state index contributed by atoms with van der Waals surface area (Å²) in [7, 11) is 0. The molecule has 104 valence electrons. The summed E-state index contributed by atoms with van der Waals surface area (Å²) in [6, 6.07) is 5.51. The number of nitrogens with zero attached hydrogens (tertiary/aromatic N) is 1. The Morgan fingerprint density at radius 1 is 1.20 bits per heavy atom. The van der Waals surface area contributed by atoms with Crippen LogP contribution < -0.4 is 11.1 Å². The van der Waals surface area contributed by atoms with Gasteiger partial charge in [0.25, 0.3) is 5.91 Å². The molecule has 1 aromatic heterocycles. The van der Waals surface area contributed by atoms with Gasteiger partial charge < -0.3 is 11.1 Å². The predicted octanol–water partition coefficient (Wildman–Crippen LogP) is 3.49. The van der Waals surface area contributed by atoms with Crippen molar-refractivity contribution in [2.45, 2.75) is 20.8 Å². The van der Waals surface area contributed by atoms with E-state index in [1.54, 1.807) is 0 Å². The summed E-state index contributed by atoms with van der Waals surface area (Å²) in [5.41, 5.74) is 9.88. The van der Waals surface area contributed by atoms with Crippen LogP contribution in [0.4, 0.5) is 11.5 Å². The van der Waals surface area contributed by atoms with Crippen LogP contribution in [0.5, 0.6) is 0 Å². The second kappa shape index (κ2) is 5.51. The third-order valence-corrected chi connectivity index (χ3v) is 3.34. The third-order valence-electron chi connectivity index (χ3n) is 3.04. The Morgan fingerprint density at radius 2 is 1.80 bits per heavy atom. The Kier molecular flexibility index (Phi) is 3.95. The van der Waals surface area contributed by atoms with Crippen molar-refractivity contribution in [1.82, 2.24) is 4.98 Å². The maximum Gasteiger partial charge on any atom is 0.257 e. The molecule has 0 saturated heterocycles. The molecule has 4 nitrogen and oxygen atoms in total. The van der Waals surface area contributed by atoms with Gasteiger partial charge in [0, 0.05) is 11.9 Å². The van der Waals surface area contributed by atoms with Gasteiger partial charge in [-0.2, -0.15) is 0 Å². The molecule has 0 aliphatic rings. The number of aromatic nitrogens is 1. The predicted molar refractivity (Wildman–Crippen MR) is 82.3 cm³/mol. The van der Waals surface area contributed by atoms with Crippen molar-refractivity contribution in [3.05, 3.63) is 51.7 Å². The minimum Gasteiger partial charge on any atom is -0.384 e. The molecule has 0 unspecified atom stereocenters. The summed E-state index contributed by atoms with van der Waals surface area (Å²) in [5.74, 6) is -0.0314.